The second-order valence-electron chi connectivity index (χ2n) is 4.11. The van der Waals surface area contributed by atoms with Crippen molar-refractivity contribution >= 4 is 5.78 Å². The Bertz CT molecular complexity index is 193. The zero-order chi connectivity index (χ0) is 9.14. The average molecular weight is 166 g/mol. The van der Waals surface area contributed by atoms with Crippen molar-refractivity contribution in [2.75, 3.05) is 0 Å². The van der Waals surface area contributed by atoms with Crippen LogP contribution in [0.3, 0.4) is 0 Å². The number of carbonyl (C=O) groups excluding carboxylic acids is 1. The van der Waals surface area contributed by atoms with E-state index in [4.69, 9.17) is 0 Å². The molecule has 1 aliphatic carbocycles. The molecule has 0 N–H and O–H groups in total. The number of rotatable bonds is 3. The van der Waals surface area contributed by atoms with Gasteiger partial charge in [-0.2, -0.15) is 0 Å². The molecule has 0 amide bonds. The summed E-state index contributed by atoms with van der Waals surface area (Å²) in [4.78, 5) is 11.6. The maximum absolute atomic E-state index is 11.6. The predicted octanol–water partition coefficient (Wildman–Crippen LogP) is 2.96. The van der Waals surface area contributed by atoms with Crippen molar-refractivity contribution in [2.45, 2.75) is 39.5 Å². The van der Waals surface area contributed by atoms with Gasteiger partial charge in [0.25, 0.3) is 0 Å². The summed E-state index contributed by atoms with van der Waals surface area (Å²) in [5, 5.41) is 0. The molecule has 2 unspecified atom stereocenters. The van der Waals surface area contributed by atoms with E-state index in [2.05, 4.69) is 13.5 Å². The Morgan fingerprint density at radius 1 is 1.50 bits per heavy atom. The molecule has 0 aromatic carbocycles. The Balaban J connectivity index is 2.46. The summed E-state index contributed by atoms with van der Waals surface area (Å²) in [5.74, 6) is 1.35. The van der Waals surface area contributed by atoms with Gasteiger partial charge in [-0.25, -0.2) is 0 Å². The van der Waals surface area contributed by atoms with Crippen molar-refractivity contribution < 1.29 is 4.79 Å². The van der Waals surface area contributed by atoms with Gasteiger partial charge in [-0.3, -0.25) is 4.79 Å². The third kappa shape index (κ3) is 2.20. The van der Waals surface area contributed by atoms with Gasteiger partial charge in [-0.15, -0.1) is 0 Å². The fourth-order valence-corrected chi connectivity index (χ4v) is 2.05. The number of hydrogen-bond acceptors (Lipinski definition) is 1. The van der Waals surface area contributed by atoms with Crippen molar-refractivity contribution in [1.29, 1.82) is 0 Å². The molecule has 1 saturated carbocycles. The molecule has 12 heavy (non-hydrogen) atoms. The molecule has 1 aliphatic rings. The van der Waals surface area contributed by atoms with E-state index < -0.39 is 0 Å². The summed E-state index contributed by atoms with van der Waals surface area (Å²) in [7, 11) is 0. The zero-order valence-electron chi connectivity index (χ0n) is 8.10. The first-order valence-electron chi connectivity index (χ1n) is 4.78. The van der Waals surface area contributed by atoms with E-state index in [1.165, 1.54) is 12.8 Å². The van der Waals surface area contributed by atoms with E-state index >= 15 is 0 Å². The maximum atomic E-state index is 11.6. The summed E-state index contributed by atoms with van der Waals surface area (Å²) < 4.78 is 0. The van der Waals surface area contributed by atoms with Crippen LogP contribution < -0.4 is 0 Å². The van der Waals surface area contributed by atoms with Crippen LogP contribution in [-0.4, -0.2) is 5.78 Å². The highest BCUT2D eigenvalue weighted by molar-refractivity contribution is 5.83. The predicted molar refractivity (Wildman–Crippen MR) is 50.9 cm³/mol. The van der Waals surface area contributed by atoms with Crippen molar-refractivity contribution in [2.24, 2.45) is 11.8 Å². The molecule has 0 saturated heterocycles. The number of ketones is 1. The van der Waals surface area contributed by atoms with Crippen molar-refractivity contribution in [3.05, 3.63) is 12.2 Å². The molecule has 0 spiro atoms. The quantitative estimate of drug-likeness (QED) is 0.589. The smallest absolute Gasteiger partial charge is 0.140 e. The molecule has 2 atom stereocenters. The molecular formula is C11H18O. The highest BCUT2D eigenvalue weighted by Crippen LogP contribution is 2.32. The molecule has 68 valence electrons. The molecule has 0 heterocycles. The Labute approximate surface area is 74.9 Å². The number of Topliss-reactive ketones (excluding diaryl/α,β-unsaturated/α-hetero) is 1. The second kappa shape index (κ2) is 3.88. The van der Waals surface area contributed by atoms with Crippen LogP contribution >= 0.6 is 0 Å². The summed E-state index contributed by atoms with van der Waals surface area (Å²) in [5.41, 5.74) is 0.999. The van der Waals surface area contributed by atoms with Gasteiger partial charge < -0.3 is 0 Å². The first kappa shape index (κ1) is 9.50. The number of hydrogen-bond donors (Lipinski definition) is 0. The van der Waals surface area contributed by atoms with Crippen LogP contribution in [0.5, 0.6) is 0 Å². The summed E-state index contributed by atoms with van der Waals surface area (Å²) in [6.45, 7) is 7.89. The van der Waals surface area contributed by atoms with E-state index in [0.717, 1.165) is 12.0 Å². The van der Waals surface area contributed by atoms with Crippen LogP contribution in [0, 0.1) is 11.8 Å². The van der Waals surface area contributed by atoms with Gasteiger partial charge in [-0.05, 0) is 25.7 Å². The molecule has 1 fully saturated rings. The topological polar surface area (TPSA) is 17.1 Å². The molecule has 0 aromatic heterocycles. The third-order valence-electron chi connectivity index (χ3n) is 2.75. The van der Waals surface area contributed by atoms with Crippen LogP contribution in [0.15, 0.2) is 12.2 Å². The van der Waals surface area contributed by atoms with Gasteiger partial charge in [0.05, 0.1) is 0 Å². The van der Waals surface area contributed by atoms with Gasteiger partial charge in [0.1, 0.15) is 5.78 Å². The first-order valence-corrected chi connectivity index (χ1v) is 4.78. The Morgan fingerprint density at radius 2 is 2.17 bits per heavy atom. The highest BCUT2D eigenvalue weighted by Gasteiger charge is 2.28. The van der Waals surface area contributed by atoms with E-state index in [1.807, 2.05) is 6.92 Å². The summed E-state index contributed by atoms with van der Waals surface area (Å²) in [6, 6.07) is 0. The minimum absolute atomic E-state index is 0.335. The van der Waals surface area contributed by atoms with E-state index in [9.17, 15) is 4.79 Å². The standard InChI is InChI=1S/C11H18O/c1-8(2)7-11(12)10-6-4-5-9(10)3/h9-10H,1,4-7H2,2-3H3. The fraction of sp³-hybridized carbons (Fsp3) is 0.727. The van der Waals surface area contributed by atoms with Gasteiger partial charge >= 0.3 is 0 Å². The normalized spacial score (nSPS) is 28.8. The summed E-state index contributed by atoms with van der Waals surface area (Å²) in [6.07, 6.45) is 4.16. The Hall–Kier alpha value is -0.590. The van der Waals surface area contributed by atoms with Gasteiger partial charge in [0.2, 0.25) is 0 Å². The zero-order valence-corrected chi connectivity index (χ0v) is 8.10. The second-order valence-corrected chi connectivity index (χ2v) is 4.11. The van der Waals surface area contributed by atoms with Gasteiger partial charge in [0, 0.05) is 12.3 Å². The lowest BCUT2D eigenvalue weighted by Crippen LogP contribution is -2.16. The van der Waals surface area contributed by atoms with Crippen molar-refractivity contribution in [1.82, 2.24) is 0 Å². The Kier molecular flexibility index (Phi) is 3.07. The first-order chi connectivity index (χ1) is 5.61. The monoisotopic (exact) mass is 166 g/mol. The highest BCUT2D eigenvalue weighted by atomic mass is 16.1. The number of carbonyl (C=O) groups is 1. The lowest BCUT2D eigenvalue weighted by molar-refractivity contribution is -0.123. The minimum atomic E-state index is 0.335. The van der Waals surface area contributed by atoms with Gasteiger partial charge in [0.15, 0.2) is 0 Å². The van der Waals surface area contributed by atoms with E-state index in [1.54, 1.807) is 0 Å². The van der Waals surface area contributed by atoms with Gasteiger partial charge in [-0.1, -0.05) is 25.5 Å². The molecule has 0 aromatic rings. The lowest BCUT2D eigenvalue weighted by atomic mass is 9.90. The molecule has 1 nitrogen and oxygen atoms in total. The number of allylic oxidation sites excluding steroid dienone is 1. The van der Waals surface area contributed by atoms with Crippen LogP contribution in [0.1, 0.15) is 39.5 Å². The van der Waals surface area contributed by atoms with Crippen LogP contribution in [-0.2, 0) is 4.79 Å². The molecule has 1 rings (SSSR count). The Morgan fingerprint density at radius 3 is 2.58 bits per heavy atom. The van der Waals surface area contributed by atoms with Crippen LogP contribution in [0.2, 0.25) is 0 Å². The molecule has 1 heteroatoms. The molecular weight excluding hydrogens is 148 g/mol. The molecule has 0 bridgehead atoms. The SMILES string of the molecule is C=C(C)CC(=O)C1CCCC1C. The van der Waals surface area contributed by atoms with Crippen molar-refractivity contribution in [3.63, 3.8) is 0 Å². The van der Waals surface area contributed by atoms with Crippen molar-refractivity contribution in [3.8, 4) is 0 Å². The minimum Gasteiger partial charge on any atom is -0.299 e. The largest absolute Gasteiger partial charge is 0.299 e. The maximum Gasteiger partial charge on any atom is 0.140 e. The van der Waals surface area contributed by atoms with Crippen LogP contribution in [0.25, 0.3) is 0 Å². The molecule has 0 radical (unpaired) electrons. The summed E-state index contributed by atoms with van der Waals surface area (Å²) >= 11 is 0. The molecule has 0 aliphatic heterocycles. The average Bonchev–Trinajstić information content (AvgIpc) is 2.33. The fourth-order valence-electron chi connectivity index (χ4n) is 2.05. The van der Waals surface area contributed by atoms with Crippen LogP contribution in [0.4, 0.5) is 0 Å². The van der Waals surface area contributed by atoms with E-state index in [-0.39, 0.29) is 0 Å². The van der Waals surface area contributed by atoms with E-state index in [0.29, 0.717) is 24.0 Å². The lowest BCUT2D eigenvalue weighted by Gasteiger charge is -2.13. The third-order valence-corrected chi connectivity index (χ3v) is 2.75.